The highest BCUT2D eigenvalue weighted by Crippen LogP contribution is 2.41. The second-order valence-electron chi connectivity index (χ2n) is 10.6. The lowest BCUT2D eigenvalue weighted by atomic mass is 9.93. The fourth-order valence-corrected chi connectivity index (χ4v) is 7.42. The standard InChI is InChI=1S/C25H29ClF3N5O4S/c1-15-9-22(34(32-15)16-3-2-4-16)33-12-18(11-20(33)23(35)31-24(13-30)7-8-24)39(36,37)21-6-5-17(10-19(21)26)38-14-25(27,28)29/h5-6,9-10,16,18,20,23,31,35H,2-4,7-8,11-12,14H2,1H3. The van der Waals surface area contributed by atoms with Crippen LogP contribution < -0.4 is 15.0 Å². The summed E-state index contributed by atoms with van der Waals surface area (Å²) < 4.78 is 71.7. The topological polar surface area (TPSA) is 120 Å². The number of hydrogen-bond acceptors (Lipinski definition) is 8. The molecule has 5 rings (SSSR count). The van der Waals surface area contributed by atoms with E-state index in [9.17, 15) is 32.0 Å². The third-order valence-electron chi connectivity index (χ3n) is 7.66. The maximum absolute atomic E-state index is 13.8. The normalized spacial score (nSPS) is 23.8. The molecule has 2 N–H and O–H groups in total. The van der Waals surface area contributed by atoms with Crippen LogP contribution in [0.15, 0.2) is 29.2 Å². The van der Waals surface area contributed by atoms with Gasteiger partial charge in [-0.05, 0) is 57.6 Å². The van der Waals surface area contributed by atoms with Gasteiger partial charge >= 0.3 is 6.18 Å². The molecule has 1 aromatic heterocycles. The number of nitrogens with zero attached hydrogens (tertiary/aromatic N) is 4. The Balaban J connectivity index is 1.44. The second-order valence-corrected chi connectivity index (χ2v) is 13.2. The molecule has 2 saturated carbocycles. The van der Waals surface area contributed by atoms with E-state index < -0.39 is 45.7 Å². The lowest BCUT2D eigenvalue weighted by Crippen LogP contribution is -2.51. The molecule has 3 fully saturated rings. The van der Waals surface area contributed by atoms with E-state index in [-0.39, 0.29) is 34.7 Å². The maximum atomic E-state index is 13.8. The van der Waals surface area contributed by atoms with Crippen molar-refractivity contribution in [2.45, 2.75) is 85.6 Å². The van der Waals surface area contributed by atoms with E-state index in [4.69, 9.17) is 16.3 Å². The number of hydrogen-bond donors (Lipinski definition) is 2. The third-order valence-corrected chi connectivity index (χ3v) is 10.3. The smallest absolute Gasteiger partial charge is 0.422 e. The summed E-state index contributed by atoms with van der Waals surface area (Å²) in [6, 6.07) is 6.90. The number of nitrogens with one attached hydrogen (secondary N) is 1. The van der Waals surface area contributed by atoms with Gasteiger partial charge in [-0.15, -0.1) is 0 Å². The number of nitriles is 1. The largest absolute Gasteiger partial charge is 0.484 e. The monoisotopic (exact) mass is 587 g/mol. The molecule has 2 aliphatic carbocycles. The van der Waals surface area contributed by atoms with Gasteiger partial charge in [0, 0.05) is 18.7 Å². The summed E-state index contributed by atoms with van der Waals surface area (Å²) >= 11 is 6.24. The first kappa shape index (κ1) is 28.0. The van der Waals surface area contributed by atoms with Gasteiger partial charge < -0.3 is 14.7 Å². The molecule has 2 aromatic rings. The van der Waals surface area contributed by atoms with Gasteiger partial charge in [0.05, 0.1) is 39.0 Å². The van der Waals surface area contributed by atoms with Crippen LogP contribution in [0.5, 0.6) is 5.75 Å². The molecular weight excluding hydrogens is 559 g/mol. The van der Waals surface area contributed by atoms with Gasteiger partial charge in [0.15, 0.2) is 16.4 Å². The second kappa shape index (κ2) is 10.1. The molecule has 0 bridgehead atoms. The number of aromatic nitrogens is 2. The van der Waals surface area contributed by atoms with Crippen molar-refractivity contribution in [2.24, 2.45) is 0 Å². The highest BCUT2D eigenvalue weighted by atomic mass is 35.5. The summed E-state index contributed by atoms with van der Waals surface area (Å²) in [5.41, 5.74) is -0.0700. The van der Waals surface area contributed by atoms with Gasteiger partial charge in [-0.2, -0.15) is 23.5 Å². The molecule has 0 radical (unpaired) electrons. The van der Waals surface area contributed by atoms with E-state index >= 15 is 0 Å². The van der Waals surface area contributed by atoms with E-state index in [1.165, 1.54) is 0 Å². The van der Waals surface area contributed by atoms with Crippen LogP contribution in [0, 0.1) is 18.3 Å². The molecule has 39 heavy (non-hydrogen) atoms. The van der Waals surface area contributed by atoms with Crippen LogP contribution >= 0.6 is 11.6 Å². The minimum absolute atomic E-state index is 0.0335. The number of rotatable bonds is 9. The van der Waals surface area contributed by atoms with Crippen molar-refractivity contribution in [3.8, 4) is 11.8 Å². The summed E-state index contributed by atoms with van der Waals surface area (Å²) in [5, 5.41) is 27.1. The first-order valence-corrected chi connectivity index (χ1v) is 14.7. The highest BCUT2D eigenvalue weighted by molar-refractivity contribution is 7.92. The van der Waals surface area contributed by atoms with Crippen LogP contribution in [-0.4, -0.2) is 65.7 Å². The summed E-state index contributed by atoms with van der Waals surface area (Å²) in [6.07, 6.45) is -1.56. The number of benzene rings is 1. The number of anilines is 1. The van der Waals surface area contributed by atoms with Gasteiger partial charge in [0.2, 0.25) is 0 Å². The molecule has 1 saturated heterocycles. The molecule has 0 amide bonds. The van der Waals surface area contributed by atoms with Gasteiger partial charge in [0.25, 0.3) is 0 Å². The third kappa shape index (κ3) is 5.70. The minimum atomic E-state index is -4.55. The van der Waals surface area contributed by atoms with E-state index in [1.54, 1.807) is 0 Å². The molecule has 3 atom stereocenters. The van der Waals surface area contributed by atoms with Crippen LogP contribution in [0.4, 0.5) is 19.0 Å². The molecule has 2 heterocycles. The molecule has 14 heteroatoms. The Morgan fingerprint density at radius 2 is 2.05 bits per heavy atom. The van der Waals surface area contributed by atoms with Crippen molar-refractivity contribution in [3.63, 3.8) is 0 Å². The average molecular weight is 588 g/mol. The van der Waals surface area contributed by atoms with Crippen molar-refractivity contribution >= 4 is 27.3 Å². The summed E-state index contributed by atoms with van der Waals surface area (Å²) in [4.78, 5) is 1.61. The van der Waals surface area contributed by atoms with Crippen molar-refractivity contribution in [2.75, 3.05) is 18.1 Å². The maximum Gasteiger partial charge on any atom is 0.422 e. The van der Waals surface area contributed by atoms with E-state index in [1.807, 2.05) is 22.6 Å². The van der Waals surface area contributed by atoms with Crippen molar-refractivity contribution < 1.29 is 31.4 Å². The number of alkyl halides is 3. The van der Waals surface area contributed by atoms with Crippen LogP contribution in [0.2, 0.25) is 5.02 Å². The van der Waals surface area contributed by atoms with Crippen LogP contribution in [0.3, 0.4) is 0 Å². The zero-order chi connectivity index (χ0) is 28.2. The molecule has 212 valence electrons. The van der Waals surface area contributed by atoms with Gasteiger partial charge in [0.1, 0.15) is 23.3 Å². The molecule has 1 aliphatic heterocycles. The van der Waals surface area contributed by atoms with Crippen LogP contribution in [-0.2, 0) is 9.84 Å². The Morgan fingerprint density at radius 3 is 2.62 bits per heavy atom. The number of sulfone groups is 1. The Labute approximate surface area is 229 Å². The van der Waals surface area contributed by atoms with Crippen LogP contribution in [0.25, 0.3) is 0 Å². The number of aliphatic hydroxyl groups excluding tert-OH is 1. The molecule has 1 aromatic carbocycles. The summed E-state index contributed by atoms with van der Waals surface area (Å²) in [6.45, 7) is 0.355. The lowest BCUT2D eigenvalue weighted by molar-refractivity contribution is -0.153. The highest BCUT2D eigenvalue weighted by Gasteiger charge is 2.50. The Kier molecular flexibility index (Phi) is 7.28. The molecule has 9 nitrogen and oxygen atoms in total. The minimum Gasteiger partial charge on any atom is -0.484 e. The van der Waals surface area contributed by atoms with E-state index in [0.717, 1.165) is 43.2 Å². The zero-order valence-corrected chi connectivity index (χ0v) is 22.7. The lowest BCUT2D eigenvalue weighted by Gasteiger charge is -2.35. The average Bonchev–Trinajstić information content (AvgIpc) is 3.27. The number of aliphatic hydroxyl groups is 1. The molecular formula is C25H29ClF3N5O4S. The molecule has 0 spiro atoms. The van der Waals surface area contributed by atoms with Gasteiger partial charge in [-0.25, -0.2) is 13.1 Å². The summed E-state index contributed by atoms with van der Waals surface area (Å²) in [7, 11) is -4.07. The Bertz CT molecular complexity index is 1380. The number of halogens is 4. The Hall–Kier alpha value is -2.53. The van der Waals surface area contributed by atoms with Crippen LogP contribution in [0.1, 0.15) is 50.3 Å². The van der Waals surface area contributed by atoms with Crippen molar-refractivity contribution in [3.05, 3.63) is 35.0 Å². The number of ether oxygens (including phenoxy) is 1. The predicted octanol–water partition coefficient (Wildman–Crippen LogP) is 3.90. The fourth-order valence-electron chi connectivity index (χ4n) is 5.17. The first-order chi connectivity index (χ1) is 18.3. The quantitative estimate of drug-likeness (QED) is 0.424. The molecule has 3 unspecified atom stereocenters. The number of aryl methyl sites for hydroxylation is 1. The first-order valence-electron chi connectivity index (χ1n) is 12.7. The van der Waals surface area contributed by atoms with E-state index in [2.05, 4.69) is 16.5 Å². The Morgan fingerprint density at radius 1 is 1.33 bits per heavy atom. The van der Waals surface area contributed by atoms with Crippen molar-refractivity contribution in [1.82, 2.24) is 15.1 Å². The SMILES string of the molecule is Cc1cc(N2CC(S(=O)(=O)c3ccc(OCC(F)(F)F)cc3Cl)CC2C(O)NC2(C#N)CC2)n(C2CCC2)n1. The van der Waals surface area contributed by atoms with Gasteiger partial charge in [-0.1, -0.05) is 11.6 Å². The van der Waals surface area contributed by atoms with Gasteiger partial charge in [-0.3, -0.25) is 5.32 Å². The zero-order valence-electron chi connectivity index (χ0n) is 21.2. The summed E-state index contributed by atoms with van der Waals surface area (Å²) in [5.74, 6) is 0.498. The molecule has 3 aliphatic rings. The fraction of sp³-hybridized carbons (Fsp3) is 0.600. The van der Waals surface area contributed by atoms with E-state index in [0.29, 0.717) is 18.7 Å². The van der Waals surface area contributed by atoms with Crippen molar-refractivity contribution in [1.29, 1.82) is 5.26 Å². The predicted molar refractivity (Wildman–Crippen MR) is 136 cm³/mol.